The average molecular weight is 418 g/mol. The van der Waals surface area contributed by atoms with Gasteiger partial charge < -0.3 is 35.4 Å². The van der Waals surface area contributed by atoms with Crippen molar-refractivity contribution in [1.82, 2.24) is 10.6 Å². The van der Waals surface area contributed by atoms with Crippen LogP contribution >= 0.6 is 0 Å². The predicted molar refractivity (Wildman–Crippen MR) is 105 cm³/mol. The first kappa shape index (κ1) is 27.0. The Morgan fingerprint density at radius 2 is 1.66 bits per heavy atom. The number of esters is 1. The van der Waals surface area contributed by atoms with E-state index in [4.69, 9.17) is 4.74 Å². The van der Waals surface area contributed by atoms with Crippen molar-refractivity contribution in [2.45, 2.75) is 65.1 Å². The van der Waals surface area contributed by atoms with Crippen LogP contribution in [0.5, 0.6) is 0 Å². The molecule has 0 radical (unpaired) electrons. The van der Waals surface area contributed by atoms with E-state index < -0.39 is 48.2 Å². The van der Waals surface area contributed by atoms with Gasteiger partial charge >= 0.3 is 5.97 Å². The standard InChI is InChI=1S/C19H34N2O8/c1-7-29-13(23)10-20-17(26)11(2)21-18(27)16(28-6)15(25)14(24)12(22)8-9-19(3,4)5/h8-9,11-12,14-16,22,24-25H,7,10H2,1-6H3,(H,20,26)(H,21,27)/t11-,12+,14-,15+,16+/m0/s1. The molecule has 0 aromatic heterocycles. The predicted octanol–water partition coefficient (Wildman–Crippen LogP) is -1.13. The first-order chi connectivity index (χ1) is 13.3. The van der Waals surface area contributed by atoms with E-state index in [1.807, 2.05) is 20.8 Å². The van der Waals surface area contributed by atoms with Gasteiger partial charge in [0.05, 0.1) is 6.61 Å². The van der Waals surface area contributed by atoms with Crippen LogP contribution in [0.1, 0.15) is 34.6 Å². The van der Waals surface area contributed by atoms with Gasteiger partial charge in [0.2, 0.25) is 5.91 Å². The number of amides is 2. The molecule has 0 aromatic rings. The molecule has 10 heteroatoms. The highest BCUT2D eigenvalue weighted by molar-refractivity contribution is 5.90. The normalized spacial score (nSPS) is 17.1. The lowest BCUT2D eigenvalue weighted by molar-refractivity contribution is -0.150. The number of ether oxygens (including phenoxy) is 2. The minimum atomic E-state index is -1.76. The van der Waals surface area contributed by atoms with Crippen LogP contribution in [0, 0.1) is 5.41 Å². The molecule has 0 aliphatic carbocycles. The Balaban J connectivity index is 4.86. The van der Waals surface area contributed by atoms with Crippen molar-refractivity contribution in [1.29, 1.82) is 0 Å². The van der Waals surface area contributed by atoms with Crippen molar-refractivity contribution in [3.63, 3.8) is 0 Å². The zero-order chi connectivity index (χ0) is 22.8. The molecule has 0 saturated heterocycles. The van der Waals surface area contributed by atoms with Gasteiger partial charge in [0.1, 0.15) is 30.9 Å². The SMILES string of the molecule is CCOC(=O)CNC(=O)[C@H](C)NC(=O)[C@H](OC)[C@H](O)[C@@H](O)[C@H](O)C=CC(C)(C)C. The van der Waals surface area contributed by atoms with Gasteiger partial charge in [-0.25, -0.2) is 0 Å². The highest BCUT2D eigenvalue weighted by atomic mass is 16.5. The summed E-state index contributed by atoms with van der Waals surface area (Å²) >= 11 is 0. The molecule has 0 aliphatic rings. The minimum Gasteiger partial charge on any atom is -0.465 e. The Hall–Kier alpha value is -2.01. The lowest BCUT2D eigenvalue weighted by atomic mass is 9.94. The smallest absolute Gasteiger partial charge is 0.325 e. The molecule has 0 spiro atoms. The van der Waals surface area contributed by atoms with Crippen molar-refractivity contribution in [2.75, 3.05) is 20.3 Å². The number of nitrogens with one attached hydrogen (secondary N) is 2. The molecule has 2 amide bonds. The van der Waals surface area contributed by atoms with Crippen molar-refractivity contribution >= 4 is 17.8 Å². The Labute approximate surface area is 171 Å². The molecule has 10 nitrogen and oxygen atoms in total. The zero-order valence-corrected chi connectivity index (χ0v) is 17.8. The van der Waals surface area contributed by atoms with Crippen LogP contribution in [-0.2, 0) is 23.9 Å². The van der Waals surface area contributed by atoms with Crippen LogP contribution < -0.4 is 10.6 Å². The van der Waals surface area contributed by atoms with E-state index in [1.165, 1.54) is 13.0 Å². The fourth-order valence-corrected chi connectivity index (χ4v) is 2.17. The second kappa shape index (κ2) is 12.5. The van der Waals surface area contributed by atoms with Gasteiger partial charge in [-0.15, -0.1) is 0 Å². The summed E-state index contributed by atoms with van der Waals surface area (Å²) in [5, 5.41) is 35.0. The van der Waals surface area contributed by atoms with E-state index in [2.05, 4.69) is 15.4 Å². The van der Waals surface area contributed by atoms with Gasteiger partial charge in [0, 0.05) is 7.11 Å². The maximum Gasteiger partial charge on any atom is 0.325 e. The summed E-state index contributed by atoms with van der Waals surface area (Å²) in [5.41, 5.74) is -0.254. The van der Waals surface area contributed by atoms with E-state index in [9.17, 15) is 29.7 Å². The van der Waals surface area contributed by atoms with Gasteiger partial charge in [-0.1, -0.05) is 32.9 Å². The molecule has 0 aromatic carbocycles. The molecule has 5 N–H and O–H groups in total. The van der Waals surface area contributed by atoms with Crippen LogP contribution in [0.4, 0.5) is 0 Å². The van der Waals surface area contributed by atoms with Crippen LogP contribution in [0.25, 0.3) is 0 Å². The summed E-state index contributed by atoms with van der Waals surface area (Å²) in [5.74, 6) is -2.14. The van der Waals surface area contributed by atoms with Crippen LogP contribution in [0.15, 0.2) is 12.2 Å². The largest absolute Gasteiger partial charge is 0.465 e. The molecule has 0 rings (SSSR count). The number of hydrogen-bond donors (Lipinski definition) is 5. The first-order valence-corrected chi connectivity index (χ1v) is 9.34. The number of carbonyl (C=O) groups excluding carboxylic acids is 3. The van der Waals surface area contributed by atoms with Gasteiger partial charge in [-0.3, -0.25) is 14.4 Å². The number of aliphatic hydroxyl groups excluding tert-OH is 3. The third kappa shape index (κ3) is 10.4. The number of methoxy groups -OCH3 is 1. The second-order valence-electron chi connectivity index (χ2n) is 7.61. The zero-order valence-electron chi connectivity index (χ0n) is 17.8. The van der Waals surface area contributed by atoms with Crippen molar-refractivity contribution < 1.29 is 39.2 Å². The Kier molecular flexibility index (Phi) is 11.7. The molecule has 0 saturated carbocycles. The number of hydrogen-bond acceptors (Lipinski definition) is 8. The highest BCUT2D eigenvalue weighted by Crippen LogP contribution is 2.17. The Morgan fingerprint density at radius 3 is 2.14 bits per heavy atom. The first-order valence-electron chi connectivity index (χ1n) is 9.34. The Morgan fingerprint density at radius 1 is 1.07 bits per heavy atom. The van der Waals surface area contributed by atoms with Crippen molar-refractivity contribution in [2.24, 2.45) is 5.41 Å². The molecule has 0 aliphatic heterocycles. The maximum absolute atomic E-state index is 12.3. The van der Waals surface area contributed by atoms with Crippen LogP contribution in [-0.4, -0.2) is 83.8 Å². The van der Waals surface area contributed by atoms with Crippen molar-refractivity contribution in [3.05, 3.63) is 12.2 Å². The minimum absolute atomic E-state index is 0.174. The molecule has 0 unspecified atom stereocenters. The second-order valence-corrected chi connectivity index (χ2v) is 7.61. The fourth-order valence-electron chi connectivity index (χ4n) is 2.17. The van der Waals surface area contributed by atoms with Gasteiger partial charge in [-0.2, -0.15) is 0 Å². The fraction of sp³-hybridized carbons (Fsp3) is 0.737. The number of carbonyl (C=O) groups is 3. The summed E-state index contributed by atoms with van der Waals surface area (Å²) in [4.78, 5) is 35.5. The van der Waals surface area contributed by atoms with E-state index >= 15 is 0 Å². The highest BCUT2D eigenvalue weighted by Gasteiger charge is 2.36. The van der Waals surface area contributed by atoms with E-state index in [0.717, 1.165) is 7.11 Å². The topological polar surface area (TPSA) is 154 Å². The van der Waals surface area contributed by atoms with E-state index in [-0.39, 0.29) is 18.6 Å². The summed E-state index contributed by atoms with van der Waals surface area (Å²) in [6.45, 7) is 8.48. The van der Waals surface area contributed by atoms with Gasteiger partial charge in [0.15, 0.2) is 6.10 Å². The monoisotopic (exact) mass is 418 g/mol. The summed E-state index contributed by atoms with van der Waals surface area (Å²) in [6.07, 6.45) is -3.44. The molecule has 5 atom stereocenters. The molecule has 29 heavy (non-hydrogen) atoms. The summed E-state index contributed by atoms with van der Waals surface area (Å²) < 4.78 is 9.62. The molecular formula is C19H34N2O8. The number of allylic oxidation sites excluding steroid dienone is 1. The average Bonchev–Trinajstić information content (AvgIpc) is 2.63. The number of rotatable bonds is 11. The summed E-state index contributed by atoms with van der Waals surface area (Å²) in [7, 11) is 1.14. The third-order valence-electron chi connectivity index (χ3n) is 3.78. The van der Waals surface area contributed by atoms with E-state index in [0.29, 0.717) is 0 Å². The van der Waals surface area contributed by atoms with Crippen LogP contribution in [0.2, 0.25) is 0 Å². The van der Waals surface area contributed by atoms with Gasteiger partial charge in [-0.05, 0) is 19.3 Å². The molecule has 168 valence electrons. The quantitative estimate of drug-likeness (QED) is 0.209. The molecule has 0 fully saturated rings. The number of aliphatic hydroxyl groups is 3. The van der Waals surface area contributed by atoms with Crippen LogP contribution in [0.3, 0.4) is 0 Å². The summed E-state index contributed by atoms with van der Waals surface area (Å²) in [6, 6.07) is -1.05. The molecular weight excluding hydrogens is 384 g/mol. The Bertz CT molecular complexity index is 573. The van der Waals surface area contributed by atoms with Crippen molar-refractivity contribution in [3.8, 4) is 0 Å². The molecule has 0 heterocycles. The molecule has 0 bridgehead atoms. The van der Waals surface area contributed by atoms with E-state index in [1.54, 1.807) is 13.0 Å². The maximum atomic E-state index is 12.3. The lowest BCUT2D eigenvalue weighted by Crippen LogP contribution is -2.55. The lowest BCUT2D eigenvalue weighted by Gasteiger charge is -2.28. The van der Waals surface area contributed by atoms with Gasteiger partial charge in [0.25, 0.3) is 5.91 Å². The third-order valence-corrected chi connectivity index (χ3v) is 3.78.